The maximum atomic E-state index is 12.7. The molecule has 23 heavy (non-hydrogen) atoms. The van der Waals surface area contributed by atoms with Crippen molar-refractivity contribution in [1.29, 1.82) is 0 Å². The molecule has 124 valence electrons. The molecule has 0 saturated carbocycles. The summed E-state index contributed by atoms with van der Waals surface area (Å²) in [5, 5.41) is 8.86. The summed E-state index contributed by atoms with van der Waals surface area (Å²) in [7, 11) is 0. The number of carboxylic acid groups (broad SMARTS) is 1. The number of carbonyl (C=O) groups is 2. The molecule has 2 saturated heterocycles. The molecule has 1 aromatic carbocycles. The molecule has 3 rings (SSSR count). The van der Waals surface area contributed by atoms with Crippen LogP contribution in [0.1, 0.15) is 47.5 Å². The summed E-state index contributed by atoms with van der Waals surface area (Å²) in [6.07, 6.45) is 2.76. The highest BCUT2D eigenvalue weighted by Gasteiger charge is 2.26. The molecule has 0 aliphatic carbocycles. The normalized spacial score (nSPS) is 22.3. The Bertz CT molecular complexity index is 572. The van der Waals surface area contributed by atoms with E-state index in [1.165, 1.54) is 5.56 Å². The number of amides is 1. The number of hydrogen-bond donors (Lipinski definition) is 1. The molecule has 2 aliphatic heterocycles. The van der Waals surface area contributed by atoms with E-state index < -0.39 is 5.97 Å². The Labute approximate surface area is 136 Å². The third kappa shape index (κ3) is 3.91. The SMILES string of the molecule is O=C(O)CC1CCN(C(=O)c2cccc([C@H]3CCOC3)c2)CC1. The van der Waals surface area contributed by atoms with E-state index in [0.717, 1.165) is 38.0 Å². The summed E-state index contributed by atoms with van der Waals surface area (Å²) in [6.45, 7) is 2.82. The molecule has 1 amide bonds. The second-order valence-corrected chi connectivity index (χ2v) is 6.52. The van der Waals surface area contributed by atoms with Crippen molar-refractivity contribution in [2.45, 2.75) is 31.6 Å². The number of likely N-dealkylation sites (tertiary alicyclic amines) is 1. The number of carboxylic acids is 1. The van der Waals surface area contributed by atoms with Gasteiger partial charge in [0.25, 0.3) is 5.91 Å². The number of nitrogens with zero attached hydrogens (tertiary/aromatic N) is 1. The molecule has 0 radical (unpaired) electrons. The van der Waals surface area contributed by atoms with E-state index in [-0.39, 0.29) is 18.2 Å². The molecule has 0 unspecified atom stereocenters. The molecule has 1 N–H and O–H groups in total. The standard InChI is InChI=1S/C18H23NO4/c20-17(21)10-13-4-7-19(8-5-13)18(22)15-3-1-2-14(11-15)16-6-9-23-12-16/h1-3,11,13,16H,4-10,12H2,(H,20,21)/t16-/m0/s1. The van der Waals surface area contributed by atoms with Gasteiger partial charge < -0.3 is 14.7 Å². The van der Waals surface area contributed by atoms with Gasteiger partial charge in [-0.2, -0.15) is 0 Å². The van der Waals surface area contributed by atoms with Gasteiger partial charge in [0.15, 0.2) is 0 Å². The largest absolute Gasteiger partial charge is 0.481 e. The summed E-state index contributed by atoms with van der Waals surface area (Å²) >= 11 is 0. The highest BCUT2D eigenvalue weighted by atomic mass is 16.5. The van der Waals surface area contributed by atoms with Gasteiger partial charge >= 0.3 is 5.97 Å². The monoisotopic (exact) mass is 317 g/mol. The Kier molecular flexibility index (Phi) is 4.96. The van der Waals surface area contributed by atoms with E-state index in [9.17, 15) is 9.59 Å². The molecule has 1 atom stereocenters. The Hall–Kier alpha value is -1.88. The molecular weight excluding hydrogens is 294 g/mol. The van der Waals surface area contributed by atoms with Gasteiger partial charge in [0.1, 0.15) is 0 Å². The molecular formula is C18H23NO4. The summed E-state index contributed by atoms with van der Waals surface area (Å²) in [5.74, 6) is -0.108. The van der Waals surface area contributed by atoms with Crippen LogP contribution in [0.2, 0.25) is 0 Å². The molecule has 2 heterocycles. The van der Waals surface area contributed by atoms with Gasteiger partial charge in [-0.3, -0.25) is 9.59 Å². The second-order valence-electron chi connectivity index (χ2n) is 6.52. The quantitative estimate of drug-likeness (QED) is 0.926. The Morgan fingerprint density at radius 3 is 2.65 bits per heavy atom. The molecule has 5 nitrogen and oxygen atoms in total. The van der Waals surface area contributed by atoms with Gasteiger partial charge in [-0.25, -0.2) is 0 Å². The zero-order valence-corrected chi connectivity index (χ0v) is 13.2. The number of piperidine rings is 1. The van der Waals surface area contributed by atoms with E-state index >= 15 is 0 Å². The number of hydrogen-bond acceptors (Lipinski definition) is 3. The van der Waals surface area contributed by atoms with Gasteiger partial charge in [-0.1, -0.05) is 12.1 Å². The fourth-order valence-electron chi connectivity index (χ4n) is 3.49. The van der Waals surface area contributed by atoms with Crippen LogP contribution >= 0.6 is 0 Å². The van der Waals surface area contributed by atoms with E-state index in [1.54, 1.807) is 0 Å². The predicted molar refractivity (Wildman–Crippen MR) is 85.5 cm³/mol. The van der Waals surface area contributed by atoms with Crippen molar-refractivity contribution < 1.29 is 19.4 Å². The van der Waals surface area contributed by atoms with Crippen molar-refractivity contribution >= 4 is 11.9 Å². The smallest absolute Gasteiger partial charge is 0.303 e. The first-order chi connectivity index (χ1) is 11.1. The van der Waals surface area contributed by atoms with Crippen molar-refractivity contribution in [1.82, 2.24) is 4.90 Å². The molecule has 0 bridgehead atoms. The topological polar surface area (TPSA) is 66.8 Å². The van der Waals surface area contributed by atoms with Gasteiger partial charge in [0.05, 0.1) is 6.61 Å². The molecule has 0 aromatic heterocycles. The van der Waals surface area contributed by atoms with Crippen LogP contribution in [-0.4, -0.2) is 48.2 Å². The zero-order chi connectivity index (χ0) is 16.2. The molecule has 1 aromatic rings. The predicted octanol–water partition coefficient (Wildman–Crippen LogP) is 2.52. The fraction of sp³-hybridized carbons (Fsp3) is 0.556. The number of rotatable bonds is 4. The maximum absolute atomic E-state index is 12.7. The van der Waals surface area contributed by atoms with E-state index in [4.69, 9.17) is 9.84 Å². The van der Waals surface area contributed by atoms with Gasteiger partial charge in [-0.15, -0.1) is 0 Å². The van der Waals surface area contributed by atoms with E-state index in [1.807, 2.05) is 23.1 Å². The minimum atomic E-state index is -0.749. The van der Waals surface area contributed by atoms with Crippen LogP contribution in [0.25, 0.3) is 0 Å². The lowest BCUT2D eigenvalue weighted by Crippen LogP contribution is -2.38. The lowest BCUT2D eigenvalue weighted by molar-refractivity contribution is -0.138. The van der Waals surface area contributed by atoms with E-state index in [2.05, 4.69) is 6.07 Å². The van der Waals surface area contributed by atoms with Gasteiger partial charge in [0.2, 0.25) is 0 Å². The van der Waals surface area contributed by atoms with Crippen molar-refractivity contribution in [2.24, 2.45) is 5.92 Å². The lowest BCUT2D eigenvalue weighted by atomic mass is 9.92. The highest BCUT2D eigenvalue weighted by molar-refractivity contribution is 5.94. The fourth-order valence-corrected chi connectivity index (χ4v) is 3.49. The Morgan fingerprint density at radius 1 is 1.22 bits per heavy atom. The van der Waals surface area contributed by atoms with E-state index in [0.29, 0.717) is 19.0 Å². The zero-order valence-electron chi connectivity index (χ0n) is 13.2. The first-order valence-corrected chi connectivity index (χ1v) is 8.32. The second kappa shape index (κ2) is 7.13. The average Bonchev–Trinajstić information content (AvgIpc) is 3.09. The Morgan fingerprint density at radius 2 is 2.00 bits per heavy atom. The number of aliphatic carboxylic acids is 1. The van der Waals surface area contributed by atoms with Crippen LogP contribution in [0.3, 0.4) is 0 Å². The summed E-state index contributed by atoms with van der Waals surface area (Å²) in [5.41, 5.74) is 1.90. The molecule has 2 aliphatic rings. The first kappa shape index (κ1) is 16.0. The number of ether oxygens (including phenoxy) is 1. The average molecular weight is 317 g/mol. The molecule has 5 heteroatoms. The van der Waals surface area contributed by atoms with Crippen LogP contribution in [0, 0.1) is 5.92 Å². The van der Waals surface area contributed by atoms with Crippen molar-refractivity contribution in [2.75, 3.05) is 26.3 Å². The lowest BCUT2D eigenvalue weighted by Gasteiger charge is -2.31. The van der Waals surface area contributed by atoms with Crippen LogP contribution in [0.5, 0.6) is 0 Å². The van der Waals surface area contributed by atoms with Crippen LogP contribution in [0.15, 0.2) is 24.3 Å². The summed E-state index contributed by atoms with van der Waals surface area (Å²) in [4.78, 5) is 25.3. The number of benzene rings is 1. The molecule has 2 fully saturated rings. The maximum Gasteiger partial charge on any atom is 0.303 e. The third-order valence-electron chi connectivity index (χ3n) is 4.90. The highest BCUT2D eigenvalue weighted by Crippen LogP contribution is 2.27. The first-order valence-electron chi connectivity index (χ1n) is 8.32. The van der Waals surface area contributed by atoms with Crippen LogP contribution < -0.4 is 0 Å². The van der Waals surface area contributed by atoms with Crippen molar-refractivity contribution in [3.8, 4) is 0 Å². The Balaban J connectivity index is 1.62. The summed E-state index contributed by atoms with van der Waals surface area (Å²) in [6, 6.07) is 7.86. The third-order valence-corrected chi connectivity index (χ3v) is 4.90. The minimum absolute atomic E-state index is 0.0551. The summed E-state index contributed by atoms with van der Waals surface area (Å²) < 4.78 is 5.43. The minimum Gasteiger partial charge on any atom is -0.481 e. The molecule has 0 spiro atoms. The van der Waals surface area contributed by atoms with Crippen molar-refractivity contribution in [3.63, 3.8) is 0 Å². The van der Waals surface area contributed by atoms with Crippen LogP contribution in [-0.2, 0) is 9.53 Å². The van der Waals surface area contributed by atoms with Gasteiger partial charge in [0, 0.05) is 37.6 Å². The van der Waals surface area contributed by atoms with Crippen LogP contribution in [0.4, 0.5) is 0 Å². The number of carbonyl (C=O) groups excluding carboxylic acids is 1. The van der Waals surface area contributed by atoms with Gasteiger partial charge in [-0.05, 0) is 42.9 Å². The van der Waals surface area contributed by atoms with Crippen molar-refractivity contribution in [3.05, 3.63) is 35.4 Å².